The topological polar surface area (TPSA) is 105 Å². The second-order valence-electron chi connectivity index (χ2n) is 6.36. The molecule has 1 aromatic rings. The van der Waals surface area contributed by atoms with Gasteiger partial charge in [0.2, 0.25) is 0 Å². The predicted octanol–water partition coefficient (Wildman–Crippen LogP) is 2.46. The number of nitrogens with one attached hydrogen (secondary N) is 2. The summed E-state index contributed by atoms with van der Waals surface area (Å²) in [5.41, 5.74) is -0.875. The van der Waals surface area contributed by atoms with E-state index < -0.39 is 47.8 Å². The molecule has 2 N–H and O–H groups in total. The standard InChI is InChI=1S/C18H21ClFN3O5/c1-4-18(5-2)16(26)23(17(27)22-18)9-14(24)28-10(3)15(25)21-13-7-6-11(20)8-12(13)19/h6-8,10H,4-5,9H2,1-3H3,(H,21,25)(H,22,27)/t10-/m0/s1. The van der Waals surface area contributed by atoms with Crippen LogP contribution >= 0.6 is 11.6 Å². The molecule has 0 radical (unpaired) electrons. The lowest BCUT2D eigenvalue weighted by Crippen LogP contribution is -2.46. The number of rotatable bonds is 7. The van der Waals surface area contributed by atoms with Crippen LogP contribution in [0.4, 0.5) is 14.9 Å². The van der Waals surface area contributed by atoms with Crippen molar-refractivity contribution in [2.45, 2.75) is 45.3 Å². The maximum atomic E-state index is 13.0. The first-order chi connectivity index (χ1) is 13.1. The maximum Gasteiger partial charge on any atom is 0.327 e. The number of amides is 4. The van der Waals surface area contributed by atoms with Crippen LogP contribution in [0.1, 0.15) is 33.6 Å². The number of imide groups is 1. The van der Waals surface area contributed by atoms with Gasteiger partial charge in [0.1, 0.15) is 17.9 Å². The van der Waals surface area contributed by atoms with Crippen molar-refractivity contribution in [1.82, 2.24) is 10.2 Å². The van der Waals surface area contributed by atoms with Gasteiger partial charge in [-0.2, -0.15) is 0 Å². The number of esters is 1. The molecule has 1 saturated heterocycles. The molecule has 0 aliphatic carbocycles. The molecule has 0 spiro atoms. The summed E-state index contributed by atoms with van der Waals surface area (Å²) in [6.45, 7) is 4.23. The van der Waals surface area contributed by atoms with E-state index in [1.165, 1.54) is 13.0 Å². The summed E-state index contributed by atoms with van der Waals surface area (Å²) in [5, 5.41) is 4.99. The van der Waals surface area contributed by atoms with Gasteiger partial charge in [-0.1, -0.05) is 25.4 Å². The van der Waals surface area contributed by atoms with E-state index in [0.29, 0.717) is 12.8 Å². The molecular formula is C18H21ClFN3O5. The van der Waals surface area contributed by atoms with Gasteiger partial charge in [0.25, 0.3) is 11.8 Å². The average molecular weight is 414 g/mol. The van der Waals surface area contributed by atoms with Gasteiger partial charge in [0.05, 0.1) is 10.7 Å². The molecule has 1 heterocycles. The van der Waals surface area contributed by atoms with Crippen LogP contribution in [0.5, 0.6) is 0 Å². The quantitative estimate of drug-likeness (QED) is 0.527. The summed E-state index contributed by atoms with van der Waals surface area (Å²) in [4.78, 5) is 49.5. The van der Waals surface area contributed by atoms with E-state index >= 15 is 0 Å². The number of urea groups is 1. The van der Waals surface area contributed by atoms with Crippen LogP contribution < -0.4 is 10.6 Å². The van der Waals surface area contributed by atoms with Crippen LogP contribution in [0.25, 0.3) is 0 Å². The van der Waals surface area contributed by atoms with Gasteiger partial charge in [-0.25, -0.2) is 9.18 Å². The van der Waals surface area contributed by atoms with Crippen molar-refractivity contribution < 1.29 is 28.3 Å². The van der Waals surface area contributed by atoms with Crippen molar-refractivity contribution in [3.63, 3.8) is 0 Å². The average Bonchev–Trinajstić information content (AvgIpc) is 2.88. The zero-order valence-electron chi connectivity index (χ0n) is 15.7. The first kappa shape index (κ1) is 21.6. The Labute approximate surface area is 166 Å². The lowest BCUT2D eigenvalue weighted by molar-refractivity contribution is -0.155. The molecule has 2 rings (SSSR count). The molecule has 8 nitrogen and oxygen atoms in total. The fourth-order valence-corrected chi connectivity index (χ4v) is 3.01. The Bertz CT molecular complexity index is 812. The number of ether oxygens (including phenoxy) is 1. The predicted molar refractivity (Wildman–Crippen MR) is 99.2 cm³/mol. The van der Waals surface area contributed by atoms with E-state index in [1.54, 1.807) is 13.8 Å². The summed E-state index contributed by atoms with van der Waals surface area (Å²) in [6, 6.07) is 2.73. The van der Waals surface area contributed by atoms with Crippen molar-refractivity contribution in [3.05, 3.63) is 29.0 Å². The highest BCUT2D eigenvalue weighted by molar-refractivity contribution is 6.33. The summed E-state index contributed by atoms with van der Waals surface area (Å²) in [6.07, 6.45) is -0.454. The molecule has 1 aliphatic heterocycles. The van der Waals surface area contributed by atoms with E-state index in [9.17, 15) is 23.6 Å². The largest absolute Gasteiger partial charge is 0.451 e. The van der Waals surface area contributed by atoms with Crippen LogP contribution in [0, 0.1) is 5.82 Å². The number of hydrogen-bond donors (Lipinski definition) is 2. The highest BCUT2D eigenvalue weighted by atomic mass is 35.5. The first-order valence-corrected chi connectivity index (χ1v) is 9.10. The van der Waals surface area contributed by atoms with Crippen LogP contribution in [-0.4, -0.2) is 46.9 Å². The number of halogens is 2. The third-order valence-corrected chi connectivity index (χ3v) is 4.92. The van der Waals surface area contributed by atoms with E-state index in [-0.39, 0.29) is 10.7 Å². The number of hydrogen-bond acceptors (Lipinski definition) is 5. The first-order valence-electron chi connectivity index (χ1n) is 8.73. The van der Waals surface area contributed by atoms with Crippen LogP contribution in [0.2, 0.25) is 5.02 Å². The molecule has 1 aliphatic rings. The third kappa shape index (κ3) is 4.41. The Morgan fingerprint density at radius 1 is 1.32 bits per heavy atom. The molecule has 0 aromatic heterocycles. The molecule has 4 amide bonds. The van der Waals surface area contributed by atoms with Crippen LogP contribution in [-0.2, 0) is 19.1 Å². The second-order valence-corrected chi connectivity index (χ2v) is 6.76. The fraction of sp³-hybridized carbons (Fsp3) is 0.444. The van der Waals surface area contributed by atoms with Crippen molar-refractivity contribution in [2.24, 2.45) is 0 Å². The van der Waals surface area contributed by atoms with Gasteiger partial charge in [-0.15, -0.1) is 0 Å². The summed E-state index contributed by atoms with van der Waals surface area (Å²) in [5.74, 6) is -2.68. The Morgan fingerprint density at radius 3 is 2.50 bits per heavy atom. The Balaban J connectivity index is 1.96. The van der Waals surface area contributed by atoms with Gasteiger partial charge in [0.15, 0.2) is 6.10 Å². The summed E-state index contributed by atoms with van der Waals surface area (Å²) in [7, 11) is 0. The number of nitrogens with zero attached hydrogens (tertiary/aromatic N) is 1. The molecule has 0 saturated carbocycles. The molecule has 28 heavy (non-hydrogen) atoms. The number of carbonyl (C=O) groups excluding carboxylic acids is 4. The second kappa shape index (κ2) is 8.55. The van der Waals surface area contributed by atoms with Crippen molar-refractivity contribution in [3.8, 4) is 0 Å². The normalized spacial score (nSPS) is 16.5. The maximum absolute atomic E-state index is 13.0. The Hall–Kier alpha value is -2.68. The van der Waals surface area contributed by atoms with E-state index in [1.807, 2.05) is 0 Å². The lowest BCUT2D eigenvalue weighted by atomic mass is 9.93. The minimum atomic E-state index is -1.23. The van der Waals surface area contributed by atoms with Gasteiger partial charge in [-0.05, 0) is 38.0 Å². The minimum absolute atomic E-state index is 0.0123. The van der Waals surface area contributed by atoms with Crippen LogP contribution in [0.3, 0.4) is 0 Å². The van der Waals surface area contributed by atoms with Gasteiger partial charge >= 0.3 is 12.0 Å². The van der Waals surface area contributed by atoms with E-state index in [0.717, 1.165) is 17.0 Å². The SMILES string of the molecule is CCC1(CC)NC(=O)N(CC(=O)O[C@@H](C)C(=O)Nc2ccc(F)cc2Cl)C1=O. The number of carbonyl (C=O) groups is 4. The number of benzene rings is 1. The molecule has 1 atom stereocenters. The fourth-order valence-electron chi connectivity index (χ4n) is 2.79. The number of anilines is 1. The molecule has 0 unspecified atom stereocenters. The molecule has 1 aromatic carbocycles. The van der Waals surface area contributed by atoms with E-state index in [2.05, 4.69) is 10.6 Å². The monoisotopic (exact) mass is 413 g/mol. The lowest BCUT2D eigenvalue weighted by Gasteiger charge is -2.23. The molecular weight excluding hydrogens is 393 g/mol. The van der Waals surface area contributed by atoms with Crippen molar-refractivity contribution in [1.29, 1.82) is 0 Å². The molecule has 0 bridgehead atoms. The van der Waals surface area contributed by atoms with Gasteiger partial charge < -0.3 is 15.4 Å². The Morgan fingerprint density at radius 2 is 1.96 bits per heavy atom. The smallest absolute Gasteiger partial charge is 0.327 e. The Kier molecular flexibility index (Phi) is 6.60. The van der Waals surface area contributed by atoms with E-state index in [4.69, 9.17) is 16.3 Å². The molecule has 10 heteroatoms. The molecule has 152 valence electrons. The summed E-state index contributed by atoms with van der Waals surface area (Å²) >= 11 is 5.83. The van der Waals surface area contributed by atoms with Crippen molar-refractivity contribution >= 4 is 41.1 Å². The summed E-state index contributed by atoms with van der Waals surface area (Å²) < 4.78 is 18.0. The zero-order valence-corrected chi connectivity index (χ0v) is 16.4. The highest BCUT2D eigenvalue weighted by Gasteiger charge is 2.49. The van der Waals surface area contributed by atoms with Crippen LogP contribution in [0.15, 0.2) is 18.2 Å². The zero-order chi connectivity index (χ0) is 21.1. The van der Waals surface area contributed by atoms with Crippen molar-refractivity contribution in [2.75, 3.05) is 11.9 Å². The highest BCUT2D eigenvalue weighted by Crippen LogP contribution is 2.25. The van der Waals surface area contributed by atoms with Gasteiger partial charge in [-0.3, -0.25) is 19.3 Å². The van der Waals surface area contributed by atoms with Gasteiger partial charge in [0, 0.05) is 0 Å². The molecule has 1 fully saturated rings. The third-order valence-electron chi connectivity index (χ3n) is 4.61. The minimum Gasteiger partial charge on any atom is -0.451 e.